The third-order valence-corrected chi connectivity index (χ3v) is 3.55. The first-order valence-electron chi connectivity index (χ1n) is 5.12. The number of carbonyl (C=O) groups excluding carboxylic acids is 2. The van der Waals surface area contributed by atoms with Crippen molar-refractivity contribution in [3.05, 3.63) is 35.9 Å². The fourth-order valence-electron chi connectivity index (χ4n) is 1.60. The predicted octanol–water partition coefficient (Wildman–Crippen LogP) is 3.58. The van der Waals surface area contributed by atoms with Gasteiger partial charge in [0.25, 0.3) is 5.91 Å². The first-order valence-corrected chi connectivity index (χ1v) is 6.69. The number of nitrogens with zero attached hydrogens (tertiary/aromatic N) is 1. The van der Waals surface area contributed by atoms with Gasteiger partial charge in [0.1, 0.15) is 0 Å². The molecule has 1 saturated heterocycles. The number of benzene rings is 1. The highest BCUT2D eigenvalue weighted by Gasteiger charge is 2.53. The van der Waals surface area contributed by atoms with Gasteiger partial charge in [0.2, 0.25) is 3.79 Å². The maximum Gasteiger partial charge on any atom is 0.418 e. The monoisotopic (exact) mass is 341 g/mol. The Balaban J connectivity index is 2.27. The minimum Gasteiger partial charge on any atom is -0.438 e. The van der Waals surface area contributed by atoms with E-state index in [1.807, 2.05) is 0 Å². The number of ether oxygens (including phenoxy) is 1. The number of cyclic esters (lactones) is 1. The maximum absolute atomic E-state index is 12.2. The quantitative estimate of drug-likeness (QED) is 0.578. The molecular formula is C11H7Cl4NO3. The Morgan fingerprint density at radius 2 is 1.79 bits per heavy atom. The lowest BCUT2D eigenvalue weighted by molar-refractivity contribution is 0.0799. The van der Waals surface area contributed by atoms with Gasteiger partial charge >= 0.3 is 6.09 Å². The Morgan fingerprint density at radius 3 is 2.26 bits per heavy atom. The molecule has 2 rings (SSSR count). The molecule has 0 radical (unpaired) electrons. The van der Waals surface area contributed by atoms with Gasteiger partial charge in [-0.25, -0.2) is 9.69 Å². The minimum atomic E-state index is -1.91. The first kappa shape index (κ1) is 14.7. The summed E-state index contributed by atoms with van der Waals surface area (Å²) in [4.78, 5) is 24.6. The van der Waals surface area contributed by atoms with Gasteiger partial charge in [-0.1, -0.05) is 64.6 Å². The van der Waals surface area contributed by atoms with Crippen molar-refractivity contribution in [1.29, 1.82) is 0 Å². The van der Waals surface area contributed by atoms with Gasteiger partial charge in [-0.05, 0) is 12.1 Å². The van der Waals surface area contributed by atoms with Crippen molar-refractivity contribution in [3.63, 3.8) is 0 Å². The zero-order valence-corrected chi connectivity index (χ0v) is 12.2. The number of carbonyl (C=O) groups is 2. The maximum atomic E-state index is 12.2. The molecule has 1 fully saturated rings. The fourth-order valence-corrected chi connectivity index (χ4v) is 2.69. The van der Waals surface area contributed by atoms with Crippen LogP contribution in [0.1, 0.15) is 10.4 Å². The molecule has 1 aliphatic heterocycles. The second kappa shape index (κ2) is 5.37. The van der Waals surface area contributed by atoms with E-state index in [0.29, 0.717) is 0 Å². The lowest BCUT2D eigenvalue weighted by atomic mass is 10.2. The SMILES string of the molecule is O=C1O[C@@H](C(Cl)(Cl)Cl)[C@H](Cl)N1C(=O)c1ccccc1. The molecule has 8 heteroatoms. The molecule has 4 nitrogen and oxygen atoms in total. The molecule has 102 valence electrons. The smallest absolute Gasteiger partial charge is 0.418 e. The summed E-state index contributed by atoms with van der Waals surface area (Å²) in [5.74, 6) is -0.609. The molecule has 0 aromatic heterocycles. The van der Waals surface area contributed by atoms with E-state index < -0.39 is 27.4 Å². The molecule has 0 N–H and O–H groups in total. The Kier molecular flexibility index (Phi) is 4.16. The largest absolute Gasteiger partial charge is 0.438 e. The van der Waals surface area contributed by atoms with Crippen LogP contribution in [0.4, 0.5) is 4.79 Å². The highest BCUT2D eigenvalue weighted by Crippen LogP contribution is 2.40. The average Bonchev–Trinajstić information content (AvgIpc) is 2.65. The second-order valence-corrected chi connectivity index (χ2v) is 6.58. The third kappa shape index (κ3) is 2.92. The number of halogens is 4. The van der Waals surface area contributed by atoms with E-state index in [0.717, 1.165) is 4.90 Å². The van der Waals surface area contributed by atoms with Crippen LogP contribution in [0, 0.1) is 0 Å². The molecule has 1 aliphatic rings. The number of imide groups is 1. The molecule has 0 aliphatic carbocycles. The summed E-state index contributed by atoms with van der Waals surface area (Å²) < 4.78 is 2.92. The van der Waals surface area contributed by atoms with Crippen molar-refractivity contribution in [2.24, 2.45) is 0 Å². The molecule has 1 heterocycles. The van der Waals surface area contributed by atoms with E-state index in [-0.39, 0.29) is 5.56 Å². The highest BCUT2D eigenvalue weighted by atomic mass is 35.6. The number of alkyl halides is 4. The molecule has 0 unspecified atom stereocenters. The average molecular weight is 343 g/mol. The lowest BCUT2D eigenvalue weighted by Gasteiger charge is -2.21. The van der Waals surface area contributed by atoms with Crippen LogP contribution in [-0.4, -0.2) is 32.3 Å². The van der Waals surface area contributed by atoms with Crippen LogP contribution in [0.25, 0.3) is 0 Å². The zero-order chi connectivity index (χ0) is 14.2. The van der Waals surface area contributed by atoms with Gasteiger partial charge in [0.15, 0.2) is 11.6 Å². The summed E-state index contributed by atoms with van der Waals surface area (Å²) in [7, 11) is 0. The predicted molar refractivity (Wildman–Crippen MR) is 72.8 cm³/mol. The summed E-state index contributed by atoms with van der Waals surface area (Å²) in [6.07, 6.45) is -2.16. The fraction of sp³-hybridized carbons (Fsp3) is 0.273. The number of rotatable bonds is 1. The molecule has 2 amide bonds. The van der Waals surface area contributed by atoms with E-state index in [1.165, 1.54) is 0 Å². The van der Waals surface area contributed by atoms with Crippen LogP contribution in [-0.2, 0) is 4.74 Å². The van der Waals surface area contributed by atoms with Crippen LogP contribution in [0.15, 0.2) is 30.3 Å². The van der Waals surface area contributed by atoms with Gasteiger partial charge in [0, 0.05) is 5.56 Å². The van der Waals surface area contributed by atoms with Crippen LogP contribution in [0.2, 0.25) is 0 Å². The molecule has 0 bridgehead atoms. The Labute approximate surface area is 129 Å². The highest BCUT2D eigenvalue weighted by molar-refractivity contribution is 6.68. The normalized spacial score (nSPS) is 23.4. The summed E-state index contributed by atoms with van der Waals surface area (Å²) in [5.41, 5.74) is -0.900. The molecule has 2 atom stereocenters. The van der Waals surface area contributed by atoms with Crippen molar-refractivity contribution in [3.8, 4) is 0 Å². The van der Waals surface area contributed by atoms with Crippen molar-refractivity contribution in [2.45, 2.75) is 15.4 Å². The molecule has 1 aromatic rings. The van der Waals surface area contributed by atoms with Crippen molar-refractivity contribution in [2.75, 3.05) is 0 Å². The van der Waals surface area contributed by atoms with E-state index in [9.17, 15) is 9.59 Å². The van der Waals surface area contributed by atoms with Crippen molar-refractivity contribution in [1.82, 2.24) is 4.90 Å². The van der Waals surface area contributed by atoms with Gasteiger partial charge < -0.3 is 4.74 Å². The van der Waals surface area contributed by atoms with Crippen molar-refractivity contribution < 1.29 is 14.3 Å². The summed E-state index contributed by atoms with van der Waals surface area (Å²) in [6.45, 7) is 0. The standard InChI is InChI=1S/C11H7Cl4NO3/c12-8-7(11(13,14)15)19-10(18)16(8)9(17)6-4-2-1-3-5-6/h1-5,7-8H/t7-,8-/m1/s1. The van der Waals surface area contributed by atoms with Gasteiger partial charge in [-0.3, -0.25) is 4.79 Å². The number of amides is 2. The first-order chi connectivity index (χ1) is 8.82. The van der Waals surface area contributed by atoms with Gasteiger partial charge in [0.05, 0.1) is 0 Å². The van der Waals surface area contributed by atoms with E-state index >= 15 is 0 Å². The Bertz CT molecular complexity index is 502. The summed E-state index contributed by atoms with van der Waals surface area (Å²) in [5, 5.41) is 0. The zero-order valence-electron chi connectivity index (χ0n) is 9.23. The number of hydrogen-bond donors (Lipinski definition) is 0. The molecule has 1 aromatic carbocycles. The van der Waals surface area contributed by atoms with Gasteiger partial charge in [-0.15, -0.1) is 0 Å². The van der Waals surface area contributed by atoms with Crippen LogP contribution in [0.3, 0.4) is 0 Å². The molecule has 19 heavy (non-hydrogen) atoms. The van der Waals surface area contributed by atoms with Crippen molar-refractivity contribution >= 4 is 58.4 Å². The second-order valence-electron chi connectivity index (χ2n) is 3.76. The minimum absolute atomic E-state index is 0.287. The van der Waals surface area contributed by atoms with E-state index in [1.54, 1.807) is 30.3 Å². The third-order valence-electron chi connectivity index (χ3n) is 2.48. The van der Waals surface area contributed by atoms with E-state index in [4.69, 9.17) is 51.1 Å². The van der Waals surface area contributed by atoms with Crippen LogP contribution >= 0.6 is 46.4 Å². The summed E-state index contributed by atoms with van der Waals surface area (Å²) in [6, 6.07) is 8.14. The summed E-state index contributed by atoms with van der Waals surface area (Å²) >= 11 is 22.9. The molecule has 0 saturated carbocycles. The van der Waals surface area contributed by atoms with Crippen LogP contribution < -0.4 is 0 Å². The van der Waals surface area contributed by atoms with E-state index in [2.05, 4.69) is 0 Å². The molecule has 0 spiro atoms. The lowest BCUT2D eigenvalue weighted by Crippen LogP contribution is -2.41. The Hall–Kier alpha value is -0.680. The van der Waals surface area contributed by atoms with Gasteiger partial charge in [-0.2, -0.15) is 0 Å². The molecular weight excluding hydrogens is 336 g/mol. The Morgan fingerprint density at radius 1 is 1.21 bits per heavy atom. The number of hydrogen-bond acceptors (Lipinski definition) is 3. The van der Waals surface area contributed by atoms with Crippen LogP contribution in [0.5, 0.6) is 0 Å². The topological polar surface area (TPSA) is 46.6 Å².